The quantitative estimate of drug-likeness (QED) is 0.850. The van der Waals surface area contributed by atoms with Gasteiger partial charge in [0.15, 0.2) is 0 Å². The van der Waals surface area contributed by atoms with Crippen LogP contribution in [-0.4, -0.2) is 27.1 Å². The maximum absolute atomic E-state index is 12.4. The average molecular weight is 399 g/mol. The zero-order chi connectivity index (χ0) is 18.2. The van der Waals surface area contributed by atoms with Crippen molar-refractivity contribution in [1.29, 1.82) is 0 Å². The van der Waals surface area contributed by atoms with Crippen LogP contribution in [0.25, 0.3) is 0 Å². The van der Waals surface area contributed by atoms with Gasteiger partial charge in [-0.3, -0.25) is 9.10 Å². The Morgan fingerprint density at radius 1 is 1.12 bits per heavy atom. The molecule has 1 heterocycles. The van der Waals surface area contributed by atoms with Gasteiger partial charge in [0.05, 0.1) is 22.0 Å². The molecule has 132 valence electrons. The van der Waals surface area contributed by atoms with Gasteiger partial charge in [-0.1, -0.05) is 29.3 Å². The van der Waals surface area contributed by atoms with Crippen molar-refractivity contribution in [3.63, 3.8) is 0 Å². The number of carbonyl (C=O) groups is 1. The number of aryl methyl sites for hydroxylation is 1. The molecular weight excluding hydrogens is 383 g/mol. The summed E-state index contributed by atoms with van der Waals surface area (Å²) in [7, 11) is -3.36. The summed E-state index contributed by atoms with van der Waals surface area (Å²) in [6, 6.07) is 9.91. The van der Waals surface area contributed by atoms with Crippen LogP contribution in [0.3, 0.4) is 0 Å². The zero-order valence-corrected chi connectivity index (χ0v) is 15.7. The lowest BCUT2D eigenvalue weighted by Crippen LogP contribution is -2.34. The smallest absolute Gasteiger partial charge is 0.255 e. The fourth-order valence-corrected chi connectivity index (χ4v) is 4.09. The number of amides is 1. The van der Waals surface area contributed by atoms with Crippen molar-refractivity contribution >= 4 is 50.5 Å². The minimum atomic E-state index is -3.36. The summed E-state index contributed by atoms with van der Waals surface area (Å²) in [5, 5.41) is 3.43. The Hall–Kier alpha value is -1.76. The molecule has 0 saturated heterocycles. The topological polar surface area (TPSA) is 66.5 Å². The lowest BCUT2D eigenvalue weighted by molar-refractivity contribution is 0.102. The summed E-state index contributed by atoms with van der Waals surface area (Å²) in [4.78, 5) is 12.4. The highest BCUT2D eigenvalue weighted by atomic mass is 35.5. The molecule has 1 aliphatic heterocycles. The number of anilines is 2. The highest BCUT2D eigenvalue weighted by molar-refractivity contribution is 7.92. The van der Waals surface area contributed by atoms with Gasteiger partial charge in [-0.05, 0) is 48.7 Å². The van der Waals surface area contributed by atoms with Crippen molar-refractivity contribution in [3.8, 4) is 0 Å². The minimum Gasteiger partial charge on any atom is -0.322 e. The van der Waals surface area contributed by atoms with Gasteiger partial charge in [0.1, 0.15) is 0 Å². The fourth-order valence-electron chi connectivity index (χ4n) is 2.80. The number of rotatable bonds is 3. The summed E-state index contributed by atoms with van der Waals surface area (Å²) < 4.78 is 25.3. The van der Waals surface area contributed by atoms with Crippen molar-refractivity contribution in [2.45, 2.75) is 12.8 Å². The van der Waals surface area contributed by atoms with Crippen LogP contribution in [0.1, 0.15) is 22.3 Å². The lowest BCUT2D eigenvalue weighted by atomic mass is 10.0. The second kappa shape index (κ2) is 6.86. The first-order valence-electron chi connectivity index (χ1n) is 7.63. The van der Waals surface area contributed by atoms with Gasteiger partial charge in [-0.2, -0.15) is 0 Å². The van der Waals surface area contributed by atoms with E-state index in [1.807, 2.05) is 6.07 Å². The Morgan fingerprint density at radius 3 is 2.56 bits per heavy atom. The molecule has 8 heteroatoms. The number of nitrogens with zero attached hydrogens (tertiary/aromatic N) is 1. The van der Waals surface area contributed by atoms with Gasteiger partial charge >= 0.3 is 0 Å². The first-order valence-corrected chi connectivity index (χ1v) is 10.2. The number of sulfonamides is 1. The molecule has 1 aliphatic rings. The van der Waals surface area contributed by atoms with E-state index in [-0.39, 0.29) is 5.91 Å². The molecule has 3 rings (SSSR count). The van der Waals surface area contributed by atoms with Crippen molar-refractivity contribution in [2.24, 2.45) is 0 Å². The second-order valence-corrected chi connectivity index (χ2v) is 8.59. The normalized spacial score (nSPS) is 14.1. The molecule has 25 heavy (non-hydrogen) atoms. The Bertz CT molecular complexity index is 945. The molecule has 0 unspecified atom stereocenters. The van der Waals surface area contributed by atoms with Gasteiger partial charge in [-0.15, -0.1) is 0 Å². The van der Waals surface area contributed by atoms with Crippen LogP contribution in [-0.2, 0) is 16.4 Å². The third-order valence-corrected chi connectivity index (χ3v) is 5.92. The molecule has 1 amide bonds. The van der Waals surface area contributed by atoms with E-state index < -0.39 is 10.0 Å². The number of nitrogens with one attached hydrogen (secondary N) is 1. The van der Waals surface area contributed by atoms with Crippen LogP contribution in [0.4, 0.5) is 11.4 Å². The van der Waals surface area contributed by atoms with Crippen molar-refractivity contribution in [2.75, 3.05) is 22.4 Å². The Kier molecular flexibility index (Phi) is 4.95. The fraction of sp³-hybridized carbons (Fsp3) is 0.235. The largest absolute Gasteiger partial charge is 0.322 e. The molecule has 2 aromatic carbocycles. The van der Waals surface area contributed by atoms with E-state index in [9.17, 15) is 13.2 Å². The molecule has 0 aliphatic carbocycles. The second-order valence-electron chi connectivity index (χ2n) is 5.87. The summed E-state index contributed by atoms with van der Waals surface area (Å²) in [5.74, 6) is -0.347. The zero-order valence-electron chi connectivity index (χ0n) is 13.4. The van der Waals surface area contributed by atoms with Crippen LogP contribution < -0.4 is 9.62 Å². The van der Waals surface area contributed by atoms with Crippen LogP contribution in [0.5, 0.6) is 0 Å². The lowest BCUT2D eigenvalue weighted by Gasteiger charge is -2.29. The average Bonchev–Trinajstić information content (AvgIpc) is 2.55. The number of halogens is 2. The van der Waals surface area contributed by atoms with Gasteiger partial charge < -0.3 is 5.32 Å². The third-order valence-electron chi connectivity index (χ3n) is 4.00. The van der Waals surface area contributed by atoms with E-state index >= 15 is 0 Å². The maximum atomic E-state index is 12.4. The summed E-state index contributed by atoms with van der Waals surface area (Å²) in [6.45, 7) is 0.441. The number of hydrogen-bond donors (Lipinski definition) is 1. The van der Waals surface area contributed by atoms with Gasteiger partial charge in [-0.25, -0.2) is 8.42 Å². The molecule has 0 atom stereocenters. The number of carbonyl (C=O) groups excluding carboxylic acids is 1. The van der Waals surface area contributed by atoms with Crippen LogP contribution >= 0.6 is 23.2 Å². The van der Waals surface area contributed by atoms with E-state index in [1.165, 1.54) is 16.6 Å². The third kappa shape index (κ3) is 3.92. The summed E-state index contributed by atoms with van der Waals surface area (Å²) >= 11 is 11.8. The van der Waals surface area contributed by atoms with Gasteiger partial charge in [0, 0.05) is 17.8 Å². The molecule has 1 N–H and O–H groups in total. The highest BCUT2D eigenvalue weighted by Crippen LogP contribution is 2.32. The SMILES string of the molecule is CS(=O)(=O)N1CCCc2ccc(NC(=O)c3ccc(Cl)c(Cl)c3)cc21. The molecule has 0 bridgehead atoms. The molecular formula is C17H16Cl2N2O3S. The van der Waals surface area contributed by atoms with E-state index in [0.717, 1.165) is 18.4 Å². The van der Waals surface area contributed by atoms with E-state index in [1.54, 1.807) is 24.3 Å². The Labute approximate surface area is 156 Å². The van der Waals surface area contributed by atoms with E-state index in [2.05, 4.69) is 5.32 Å². The Balaban J connectivity index is 1.89. The van der Waals surface area contributed by atoms with Gasteiger partial charge in [0.25, 0.3) is 5.91 Å². The minimum absolute atomic E-state index is 0.294. The Morgan fingerprint density at radius 2 is 1.88 bits per heavy atom. The van der Waals surface area contributed by atoms with Crippen LogP contribution in [0.2, 0.25) is 10.0 Å². The first-order chi connectivity index (χ1) is 11.8. The number of benzene rings is 2. The van der Waals surface area contributed by atoms with Crippen molar-refractivity contribution < 1.29 is 13.2 Å². The van der Waals surface area contributed by atoms with Crippen LogP contribution in [0, 0.1) is 0 Å². The first kappa shape index (κ1) is 18.0. The predicted molar refractivity (Wildman–Crippen MR) is 101 cm³/mol. The maximum Gasteiger partial charge on any atom is 0.255 e. The number of fused-ring (bicyclic) bond motifs is 1. The molecule has 0 saturated carbocycles. The summed E-state index contributed by atoms with van der Waals surface area (Å²) in [6.07, 6.45) is 2.76. The monoisotopic (exact) mass is 398 g/mol. The van der Waals surface area contributed by atoms with Crippen molar-refractivity contribution in [3.05, 3.63) is 57.6 Å². The molecule has 2 aromatic rings. The molecule has 0 fully saturated rings. The molecule has 0 aromatic heterocycles. The van der Waals surface area contributed by atoms with Crippen LogP contribution in [0.15, 0.2) is 36.4 Å². The standard InChI is InChI=1S/C17H16Cl2N2O3S/c1-25(23,24)21-8-2-3-11-4-6-13(10-16(11)21)20-17(22)12-5-7-14(18)15(19)9-12/h4-7,9-10H,2-3,8H2,1H3,(H,20,22). The van der Waals surface area contributed by atoms with Crippen molar-refractivity contribution in [1.82, 2.24) is 0 Å². The molecule has 0 radical (unpaired) electrons. The highest BCUT2D eigenvalue weighted by Gasteiger charge is 2.24. The van der Waals surface area contributed by atoms with E-state index in [0.29, 0.717) is 33.5 Å². The van der Waals surface area contributed by atoms with E-state index in [4.69, 9.17) is 23.2 Å². The van der Waals surface area contributed by atoms with Gasteiger partial charge in [0.2, 0.25) is 10.0 Å². The molecule has 0 spiro atoms. The number of hydrogen-bond acceptors (Lipinski definition) is 3. The molecule has 5 nitrogen and oxygen atoms in total. The predicted octanol–water partition coefficient (Wildman–Crippen LogP) is 3.96. The summed E-state index contributed by atoms with van der Waals surface area (Å²) in [5.41, 5.74) is 2.45.